The predicted molar refractivity (Wildman–Crippen MR) is 130 cm³/mol. The molecule has 1 heterocycles. The molecule has 3 rings (SSSR count). The molecule has 0 bridgehead atoms. The van der Waals surface area contributed by atoms with Crippen LogP contribution >= 0.6 is 24.0 Å². The van der Waals surface area contributed by atoms with E-state index in [2.05, 4.69) is 27.7 Å². The normalized spacial score (nSPS) is 20.6. The molecule has 2 aromatic rings. The van der Waals surface area contributed by atoms with E-state index in [-0.39, 0.29) is 24.0 Å². The number of aromatic nitrogens is 1. The molecule has 1 saturated carbocycles. The van der Waals surface area contributed by atoms with Crippen LogP contribution in [-0.2, 0) is 17.3 Å². The van der Waals surface area contributed by atoms with Gasteiger partial charge in [-0.3, -0.25) is 4.21 Å². The van der Waals surface area contributed by atoms with E-state index in [1.807, 2.05) is 43.3 Å². The quantitative estimate of drug-likeness (QED) is 0.320. The smallest absolute Gasteiger partial charge is 0.191 e. The summed E-state index contributed by atoms with van der Waals surface area (Å²) in [5.41, 5.74) is 1.80. The van der Waals surface area contributed by atoms with E-state index in [4.69, 9.17) is 4.52 Å². The molecule has 0 aliphatic heterocycles. The van der Waals surface area contributed by atoms with Crippen molar-refractivity contribution >= 4 is 40.7 Å². The first-order valence-electron chi connectivity index (χ1n) is 10.1. The topological polar surface area (TPSA) is 79.5 Å². The molecule has 1 aromatic carbocycles. The van der Waals surface area contributed by atoms with Crippen molar-refractivity contribution in [2.24, 2.45) is 4.99 Å². The Bertz CT molecular complexity index is 797. The summed E-state index contributed by atoms with van der Waals surface area (Å²) >= 11 is 0. The molecule has 6 nitrogen and oxygen atoms in total. The van der Waals surface area contributed by atoms with Gasteiger partial charge in [0.2, 0.25) is 0 Å². The van der Waals surface area contributed by atoms with Crippen molar-refractivity contribution in [1.29, 1.82) is 0 Å². The maximum atomic E-state index is 12.2. The summed E-state index contributed by atoms with van der Waals surface area (Å²) in [5.74, 6) is 2.27. The first kappa shape index (κ1) is 23.9. The number of hydrogen-bond donors (Lipinski definition) is 2. The van der Waals surface area contributed by atoms with Gasteiger partial charge in [-0.1, -0.05) is 48.8 Å². The molecule has 3 unspecified atom stereocenters. The zero-order chi connectivity index (χ0) is 19.8. The second-order valence-corrected chi connectivity index (χ2v) is 9.05. The number of hydrogen-bond acceptors (Lipinski definition) is 4. The fourth-order valence-electron chi connectivity index (χ4n) is 3.55. The molecule has 3 atom stereocenters. The molecule has 1 aromatic heterocycles. The fourth-order valence-corrected chi connectivity index (χ4v) is 4.90. The Morgan fingerprint density at radius 1 is 1.28 bits per heavy atom. The lowest BCUT2D eigenvalue weighted by Gasteiger charge is -2.30. The number of halogens is 1. The summed E-state index contributed by atoms with van der Waals surface area (Å²) in [6.45, 7) is 5.29. The highest BCUT2D eigenvalue weighted by Crippen LogP contribution is 2.23. The summed E-state index contributed by atoms with van der Waals surface area (Å²) in [5, 5.41) is 11.3. The highest BCUT2D eigenvalue weighted by Gasteiger charge is 2.26. The molecular formula is C21H31IN4O2S. The van der Waals surface area contributed by atoms with Gasteiger partial charge in [0, 0.05) is 46.0 Å². The second-order valence-electron chi connectivity index (χ2n) is 7.04. The van der Waals surface area contributed by atoms with Gasteiger partial charge in [-0.05, 0) is 26.2 Å². The molecular weight excluding hydrogens is 499 g/mol. The molecule has 1 aliphatic rings. The van der Waals surface area contributed by atoms with Crippen LogP contribution in [0, 0.1) is 0 Å². The minimum absolute atomic E-state index is 0. The lowest BCUT2D eigenvalue weighted by atomic mass is 9.95. The third kappa shape index (κ3) is 7.09. The Morgan fingerprint density at radius 2 is 2.07 bits per heavy atom. The van der Waals surface area contributed by atoms with E-state index in [9.17, 15) is 4.21 Å². The average molecular weight is 530 g/mol. The Kier molecular flexibility index (Phi) is 10.1. The summed E-state index contributed by atoms with van der Waals surface area (Å²) in [4.78, 5) is 4.67. The fraction of sp³-hybridized carbons (Fsp3) is 0.524. The monoisotopic (exact) mass is 530 g/mol. The molecule has 8 heteroatoms. The lowest BCUT2D eigenvalue weighted by molar-refractivity contribution is 0.412. The van der Waals surface area contributed by atoms with E-state index in [0.29, 0.717) is 17.8 Å². The van der Waals surface area contributed by atoms with Crippen molar-refractivity contribution < 1.29 is 8.73 Å². The lowest BCUT2D eigenvalue weighted by Crippen LogP contribution is -2.46. The average Bonchev–Trinajstić information content (AvgIpc) is 3.21. The molecule has 1 fully saturated rings. The largest absolute Gasteiger partial charge is 0.357 e. The molecule has 1 aliphatic carbocycles. The number of rotatable bonds is 7. The SMILES string of the molecule is CCNC(=NCc1cc(-c2ccccc2)on1)NC1CCCC(S(=O)CC)C1.I. The minimum atomic E-state index is -0.724. The van der Waals surface area contributed by atoms with Gasteiger partial charge in [-0.25, -0.2) is 4.99 Å². The van der Waals surface area contributed by atoms with Crippen molar-refractivity contribution in [3.05, 3.63) is 42.1 Å². The minimum Gasteiger partial charge on any atom is -0.357 e. The van der Waals surface area contributed by atoms with Crippen LogP contribution in [0.4, 0.5) is 0 Å². The van der Waals surface area contributed by atoms with E-state index in [1.54, 1.807) is 0 Å². The standard InChI is InChI=1S/C21H30N4O2S.HI/c1-3-22-21(24-17-11-8-12-19(13-17)28(26)4-2)23-15-18-14-20(27-25-18)16-9-6-5-7-10-16;/h5-7,9-10,14,17,19H,3-4,8,11-13,15H2,1-2H3,(H2,22,23,24);1H. The highest BCUT2D eigenvalue weighted by molar-refractivity contribution is 14.0. The van der Waals surface area contributed by atoms with E-state index in [0.717, 1.165) is 61.0 Å². The number of nitrogens with zero attached hydrogens (tertiary/aromatic N) is 2. The van der Waals surface area contributed by atoms with E-state index < -0.39 is 10.8 Å². The van der Waals surface area contributed by atoms with E-state index >= 15 is 0 Å². The van der Waals surface area contributed by atoms with Crippen LogP contribution in [0.1, 0.15) is 45.2 Å². The predicted octanol–water partition coefficient (Wildman–Crippen LogP) is 4.09. The van der Waals surface area contributed by atoms with Gasteiger partial charge in [-0.15, -0.1) is 24.0 Å². The molecule has 2 N–H and O–H groups in total. The number of benzene rings is 1. The summed E-state index contributed by atoms with van der Waals surface area (Å²) in [6, 6.07) is 12.2. The van der Waals surface area contributed by atoms with Gasteiger partial charge >= 0.3 is 0 Å². The molecule has 0 saturated heterocycles. The van der Waals surface area contributed by atoms with Gasteiger partial charge in [-0.2, -0.15) is 0 Å². The van der Waals surface area contributed by atoms with Gasteiger partial charge < -0.3 is 15.2 Å². The van der Waals surface area contributed by atoms with Gasteiger partial charge in [0.15, 0.2) is 11.7 Å². The van der Waals surface area contributed by atoms with Crippen molar-refractivity contribution in [2.75, 3.05) is 12.3 Å². The van der Waals surface area contributed by atoms with Crippen molar-refractivity contribution in [1.82, 2.24) is 15.8 Å². The zero-order valence-corrected chi connectivity index (χ0v) is 20.2. The summed E-state index contributed by atoms with van der Waals surface area (Å²) in [7, 11) is -0.724. The van der Waals surface area contributed by atoms with Crippen molar-refractivity contribution in [2.45, 2.75) is 57.4 Å². The van der Waals surface area contributed by atoms with Crippen LogP contribution in [0.3, 0.4) is 0 Å². The van der Waals surface area contributed by atoms with E-state index in [1.165, 1.54) is 0 Å². The highest BCUT2D eigenvalue weighted by atomic mass is 127. The maximum Gasteiger partial charge on any atom is 0.191 e. The van der Waals surface area contributed by atoms with Crippen LogP contribution in [0.25, 0.3) is 11.3 Å². The summed E-state index contributed by atoms with van der Waals surface area (Å²) in [6.07, 6.45) is 4.20. The third-order valence-corrected chi connectivity index (χ3v) is 6.72. The first-order chi connectivity index (χ1) is 13.7. The zero-order valence-electron chi connectivity index (χ0n) is 17.1. The molecule has 29 heavy (non-hydrogen) atoms. The number of guanidine groups is 1. The molecule has 160 valence electrons. The Morgan fingerprint density at radius 3 is 2.79 bits per heavy atom. The van der Waals surface area contributed by atoms with Crippen LogP contribution in [0.2, 0.25) is 0 Å². The van der Waals surface area contributed by atoms with Gasteiger partial charge in [0.1, 0.15) is 5.69 Å². The maximum absolute atomic E-state index is 12.2. The number of aliphatic imine (C=N–C) groups is 1. The van der Waals surface area contributed by atoms with Crippen molar-refractivity contribution in [3.8, 4) is 11.3 Å². The Hall–Kier alpha value is -1.42. The number of nitrogens with one attached hydrogen (secondary N) is 2. The summed E-state index contributed by atoms with van der Waals surface area (Å²) < 4.78 is 17.6. The Labute approximate surface area is 192 Å². The molecule has 0 spiro atoms. The van der Waals surface area contributed by atoms with Crippen LogP contribution in [0.5, 0.6) is 0 Å². The first-order valence-corrected chi connectivity index (χ1v) is 11.5. The van der Waals surface area contributed by atoms with Crippen LogP contribution in [0.15, 0.2) is 45.9 Å². The van der Waals surface area contributed by atoms with Gasteiger partial charge in [0.05, 0.1) is 6.54 Å². The third-order valence-electron chi connectivity index (χ3n) is 4.98. The van der Waals surface area contributed by atoms with Crippen molar-refractivity contribution in [3.63, 3.8) is 0 Å². The van der Waals surface area contributed by atoms with Crippen LogP contribution in [-0.4, -0.2) is 38.9 Å². The van der Waals surface area contributed by atoms with Gasteiger partial charge in [0.25, 0.3) is 0 Å². The van der Waals surface area contributed by atoms with Crippen LogP contribution < -0.4 is 10.6 Å². The molecule has 0 radical (unpaired) electrons. The Balaban J connectivity index is 0.00000300. The second kappa shape index (κ2) is 12.3. The molecule has 0 amide bonds.